The predicted molar refractivity (Wildman–Crippen MR) is 68.6 cm³/mol. The maximum absolute atomic E-state index is 11.4. The molecule has 5 nitrogen and oxygen atoms in total. The smallest absolute Gasteiger partial charge is 0.331 e. The number of epoxide rings is 1. The van der Waals surface area contributed by atoms with Gasteiger partial charge in [0.1, 0.15) is 12.2 Å². The molecule has 1 aromatic carbocycles. The summed E-state index contributed by atoms with van der Waals surface area (Å²) in [5.74, 6) is -0.861. The van der Waals surface area contributed by atoms with Gasteiger partial charge in [-0.15, -0.1) is 0 Å². The summed E-state index contributed by atoms with van der Waals surface area (Å²) in [5, 5.41) is 0. The van der Waals surface area contributed by atoms with Gasteiger partial charge in [0.15, 0.2) is 12.2 Å². The Hall–Kier alpha value is -2.14. The van der Waals surface area contributed by atoms with E-state index in [9.17, 15) is 9.59 Å². The molecule has 0 aromatic heterocycles. The Morgan fingerprint density at radius 1 is 1.20 bits per heavy atom. The van der Waals surface area contributed by atoms with Crippen molar-refractivity contribution < 1.29 is 23.8 Å². The summed E-state index contributed by atoms with van der Waals surface area (Å²) in [6.45, 7) is 1.32. The van der Waals surface area contributed by atoms with Crippen LogP contribution in [0.2, 0.25) is 0 Å². The van der Waals surface area contributed by atoms with E-state index in [0.717, 1.165) is 5.56 Å². The lowest BCUT2D eigenvalue weighted by Crippen LogP contribution is -2.40. The van der Waals surface area contributed by atoms with Crippen molar-refractivity contribution in [3.63, 3.8) is 0 Å². The molecule has 4 atom stereocenters. The van der Waals surface area contributed by atoms with Gasteiger partial charge in [0, 0.05) is 13.0 Å². The van der Waals surface area contributed by atoms with Crippen molar-refractivity contribution in [3.8, 4) is 0 Å². The van der Waals surface area contributed by atoms with E-state index < -0.39 is 24.1 Å². The average Bonchev–Trinajstić information content (AvgIpc) is 3.21. The molecule has 2 aliphatic heterocycles. The van der Waals surface area contributed by atoms with Crippen molar-refractivity contribution in [2.45, 2.75) is 31.3 Å². The number of benzene rings is 1. The highest BCUT2D eigenvalue weighted by Crippen LogP contribution is 2.43. The third kappa shape index (κ3) is 2.58. The molecule has 2 aliphatic rings. The molecule has 3 rings (SSSR count). The summed E-state index contributed by atoms with van der Waals surface area (Å²) >= 11 is 0. The molecule has 0 saturated carbocycles. The van der Waals surface area contributed by atoms with Crippen LogP contribution in [-0.4, -0.2) is 30.3 Å². The molecule has 0 N–H and O–H groups in total. The third-order valence-corrected chi connectivity index (χ3v) is 3.28. The fourth-order valence-corrected chi connectivity index (χ4v) is 2.36. The monoisotopic (exact) mass is 274 g/mol. The summed E-state index contributed by atoms with van der Waals surface area (Å²) in [6, 6.07) is 9.67. The molecule has 104 valence electrons. The van der Waals surface area contributed by atoms with Gasteiger partial charge in [-0.1, -0.05) is 30.3 Å². The van der Waals surface area contributed by atoms with Crippen molar-refractivity contribution >= 4 is 11.9 Å². The highest BCUT2D eigenvalue weighted by atomic mass is 16.6. The molecule has 0 aliphatic carbocycles. The minimum Gasteiger partial charge on any atom is -0.454 e. The lowest BCUT2D eigenvalue weighted by atomic mass is 10.0. The molecule has 0 bridgehead atoms. The molecular formula is C15H14O5. The van der Waals surface area contributed by atoms with Crippen LogP contribution in [-0.2, 0) is 23.8 Å². The van der Waals surface area contributed by atoms with E-state index in [-0.39, 0.29) is 12.2 Å². The number of rotatable bonds is 3. The van der Waals surface area contributed by atoms with E-state index in [4.69, 9.17) is 14.2 Å². The van der Waals surface area contributed by atoms with Crippen molar-refractivity contribution in [1.82, 2.24) is 0 Å². The predicted octanol–water partition coefficient (Wildman–Crippen LogP) is 1.54. The summed E-state index contributed by atoms with van der Waals surface area (Å²) in [6.07, 6.45) is 1.21. The molecule has 1 saturated heterocycles. The average molecular weight is 274 g/mol. The molecule has 5 heteroatoms. The molecule has 1 fully saturated rings. The molecule has 1 aromatic rings. The van der Waals surface area contributed by atoms with Crippen molar-refractivity contribution in [3.05, 3.63) is 48.0 Å². The molecule has 0 amide bonds. The summed E-state index contributed by atoms with van der Waals surface area (Å²) in [5.41, 5.74) is 1.02. The number of hydrogen-bond donors (Lipinski definition) is 0. The fourth-order valence-electron chi connectivity index (χ4n) is 2.36. The Morgan fingerprint density at radius 3 is 2.65 bits per heavy atom. The number of carbonyl (C=O) groups is 2. The van der Waals surface area contributed by atoms with Gasteiger partial charge in [0.25, 0.3) is 0 Å². The minimum atomic E-state index is -0.596. The molecule has 0 radical (unpaired) electrons. The summed E-state index contributed by atoms with van der Waals surface area (Å²) < 4.78 is 16.0. The van der Waals surface area contributed by atoms with Crippen molar-refractivity contribution in [2.75, 3.05) is 0 Å². The van der Waals surface area contributed by atoms with Crippen LogP contribution in [0.4, 0.5) is 0 Å². The third-order valence-electron chi connectivity index (χ3n) is 3.28. The Kier molecular flexibility index (Phi) is 3.28. The zero-order chi connectivity index (χ0) is 14.1. The Labute approximate surface area is 116 Å². The number of carbonyl (C=O) groups excluding carboxylic acids is 2. The van der Waals surface area contributed by atoms with Crippen LogP contribution in [0.15, 0.2) is 42.5 Å². The van der Waals surface area contributed by atoms with E-state index >= 15 is 0 Å². The zero-order valence-electron chi connectivity index (χ0n) is 10.9. The second-order valence-electron chi connectivity index (χ2n) is 4.77. The first kappa shape index (κ1) is 12.9. The maximum atomic E-state index is 11.4. The second kappa shape index (κ2) is 5.09. The SMILES string of the molecule is CC(=O)O[C@H]1C=CC(=O)O[C@H]1[C@H]1O[C@H]1c1ccccc1. The first-order valence-electron chi connectivity index (χ1n) is 6.41. The normalized spacial score (nSPS) is 31.6. The lowest BCUT2D eigenvalue weighted by Gasteiger charge is -2.25. The van der Waals surface area contributed by atoms with Crippen LogP contribution in [0.3, 0.4) is 0 Å². The van der Waals surface area contributed by atoms with Crippen LogP contribution in [0.25, 0.3) is 0 Å². The van der Waals surface area contributed by atoms with Crippen LogP contribution < -0.4 is 0 Å². The molecule has 2 heterocycles. The van der Waals surface area contributed by atoms with Gasteiger partial charge in [0.05, 0.1) is 0 Å². The lowest BCUT2D eigenvalue weighted by molar-refractivity contribution is -0.163. The van der Waals surface area contributed by atoms with Gasteiger partial charge in [-0.3, -0.25) is 4.79 Å². The highest BCUT2D eigenvalue weighted by Gasteiger charge is 2.52. The highest BCUT2D eigenvalue weighted by molar-refractivity contribution is 5.83. The fraction of sp³-hybridized carbons (Fsp3) is 0.333. The van der Waals surface area contributed by atoms with Crippen molar-refractivity contribution in [2.24, 2.45) is 0 Å². The van der Waals surface area contributed by atoms with Gasteiger partial charge in [-0.25, -0.2) is 4.79 Å². The number of hydrogen-bond acceptors (Lipinski definition) is 5. The van der Waals surface area contributed by atoms with Crippen LogP contribution in [0, 0.1) is 0 Å². The number of ether oxygens (including phenoxy) is 3. The largest absolute Gasteiger partial charge is 0.454 e. The van der Waals surface area contributed by atoms with Gasteiger partial charge in [0.2, 0.25) is 0 Å². The zero-order valence-corrected chi connectivity index (χ0v) is 10.9. The number of cyclic esters (lactones) is 1. The molecular weight excluding hydrogens is 260 g/mol. The molecule has 0 unspecified atom stereocenters. The van der Waals surface area contributed by atoms with E-state index in [1.807, 2.05) is 30.3 Å². The van der Waals surface area contributed by atoms with Gasteiger partial charge in [-0.2, -0.15) is 0 Å². The Bertz CT molecular complexity index is 551. The maximum Gasteiger partial charge on any atom is 0.331 e. The van der Waals surface area contributed by atoms with E-state index in [1.165, 1.54) is 13.0 Å². The quantitative estimate of drug-likeness (QED) is 0.618. The summed E-state index contributed by atoms with van der Waals surface area (Å²) in [7, 11) is 0. The molecule has 20 heavy (non-hydrogen) atoms. The molecule has 0 spiro atoms. The van der Waals surface area contributed by atoms with Gasteiger partial charge >= 0.3 is 11.9 Å². The summed E-state index contributed by atoms with van der Waals surface area (Å²) in [4.78, 5) is 22.5. The van der Waals surface area contributed by atoms with Crippen LogP contribution in [0.1, 0.15) is 18.6 Å². The number of esters is 2. The van der Waals surface area contributed by atoms with Crippen LogP contribution in [0.5, 0.6) is 0 Å². The first-order valence-corrected chi connectivity index (χ1v) is 6.41. The first-order chi connectivity index (χ1) is 9.65. The van der Waals surface area contributed by atoms with Gasteiger partial charge < -0.3 is 14.2 Å². The minimum absolute atomic E-state index is 0.126. The Morgan fingerprint density at radius 2 is 1.95 bits per heavy atom. The van der Waals surface area contributed by atoms with E-state index in [0.29, 0.717) is 0 Å². The van der Waals surface area contributed by atoms with Crippen molar-refractivity contribution in [1.29, 1.82) is 0 Å². The second-order valence-corrected chi connectivity index (χ2v) is 4.77. The van der Waals surface area contributed by atoms with E-state index in [2.05, 4.69) is 0 Å². The van der Waals surface area contributed by atoms with E-state index in [1.54, 1.807) is 6.08 Å². The topological polar surface area (TPSA) is 65.1 Å². The van der Waals surface area contributed by atoms with Gasteiger partial charge in [-0.05, 0) is 11.6 Å². The van der Waals surface area contributed by atoms with Crippen LogP contribution >= 0.6 is 0 Å². The standard InChI is InChI=1S/C15H14O5/c1-9(16)18-11-7-8-12(17)19-14(11)15-13(20-15)10-5-3-2-4-6-10/h2-8,11,13-15H,1H3/t11-,13-,14+,15-/m0/s1. The Balaban J connectivity index is 1.74.